The Morgan fingerprint density at radius 3 is 2.59 bits per heavy atom. The predicted molar refractivity (Wildman–Crippen MR) is 153 cm³/mol. The summed E-state index contributed by atoms with van der Waals surface area (Å²) in [6.45, 7) is 2.74. The highest BCUT2D eigenvalue weighted by Gasteiger charge is 2.34. The van der Waals surface area contributed by atoms with Gasteiger partial charge in [0.1, 0.15) is 12.4 Å². The highest BCUT2D eigenvalue weighted by Crippen LogP contribution is 2.42. The normalized spacial score (nSPS) is 25.7. The number of hydrogen-bond acceptors (Lipinski definition) is 3. The van der Waals surface area contributed by atoms with Gasteiger partial charge in [0.15, 0.2) is 0 Å². The monoisotopic (exact) mass is 499 g/mol. The van der Waals surface area contributed by atoms with E-state index in [0.717, 1.165) is 25.0 Å². The Hall–Kier alpha value is -2.10. The highest BCUT2D eigenvalue weighted by molar-refractivity contribution is 5.60. The molecule has 6 rings (SSSR count). The SMILES string of the molecule is OC(COc1cccc2c1CCC=C2)CC1CCN(C2C3=C(C=CCC3)CCCC3=C2CCCC3)CC1. The molecule has 2 unspecified atom stereocenters. The molecule has 1 heterocycles. The van der Waals surface area contributed by atoms with Crippen LogP contribution >= 0.6 is 0 Å². The minimum atomic E-state index is -0.390. The van der Waals surface area contributed by atoms with Crippen molar-refractivity contribution in [2.24, 2.45) is 5.92 Å². The summed E-state index contributed by atoms with van der Waals surface area (Å²) in [5.41, 5.74) is 9.59. The topological polar surface area (TPSA) is 32.7 Å². The van der Waals surface area contributed by atoms with Crippen molar-refractivity contribution >= 4 is 6.08 Å². The third-order valence-corrected chi connectivity index (χ3v) is 9.60. The first-order valence-corrected chi connectivity index (χ1v) is 15.2. The molecule has 37 heavy (non-hydrogen) atoms. The van der Waals surface area contributed by atoms with E-state index in [0.29, 0.717) is 18.6 Å². The standard InChI is InChI=1S/C34H45NO2/c36-29(24-37-33-18-8-14-26-9-1-4-15-30(26)33)23-25-19-21-35(22-20-25)34-31-16-5-2-10-27(31)12-7-13-28-11-3-6-17-32(28)34/h1-2,8-10,14,18,25,29,34,36H,3-7,11-13,15-17,19-24H2. The Bertz CT molecular complexity index is 1090. The van der Waals surface area contributed by atoms with E-state index in [4.69, 9.17) is 4.74 Å². The minimum absolute atomic E-state index is 0.390. The van der Waals surface area contributed by atoms with E-state index < -0.39 is 6.10 Å². The zero-order valence-electron chi connectivity index (χ0n) is 22.6. The molecular weight excluding hydrogens is 454 g/mol. The van der Waals surface area contributed by atoms with Gasteiger partial charge in [-0.05, 0) is 137 Å². The summed E-state index contributed by atoms with van der Waals surface area (Å²) in [7, 11) is 0. The second kappa shape index (κ2) is 11.7. The van der Waals surface area contributed by atoms with Crippen LogP contribution in [0.15, 0.2) is 58.7 Å². The van der Waals surface area contributed by atoms with Crippen LogP contribution in [0.5, 0.6) is 5.75 Å². The van der Waals surface area contributed by atoms with Gasteiger partial charge in [0.25, 0.3) is 0 Å². The molecule has 0 spiro atoms. The molecule has 198 valence electrons. The number of ether oxygens (including phenoxy) is 1. The number of fused-ring (bicyclic) bond motifs is 1. The number of rotatable bonds is 6. The van der Waals surface area contributed by atoms with Gasteiger partial charge in [0.2, 0.25) is 0 Å². The summed E-state index contributed by atoms with van der Waals surface area (Å²) in [4.78, 5) is 2.84. The second-order valence-electron chi connectivity index (χ2n) is 12.0. The Morgan fingerprint density at radius 2 is 1.68 bits per heavy atom. The predicted octanol–water partition coefficient (Wildman–Crippen LogP) is 7.56. The van der Waals surface area contributed by atoms with Crippen molar-refractivity contribution in [1.29, 1.82) is 0 Å². The summed E-state index contributed by atoms with van der Waals surface area (Å²) < 4.78 is 6.16. The number of aliphatic hydroxyl groups excluding tert-OH is 1. The first-order valence-electron chi connectivity index (χ1n) is 15.2. The number of allylic oxidation sites excluding steroid dienone is 5. The van der Waals surface area contributed by atoms with Crippen molar-refractivity contribution in [2.45, 2.75) is 102 Å². The van der Waals surface area contributed by atoms with E-state index in [1.165, 1.54) is 94.8 Å². The van der Waals surface area contributed by atoms with Gasteiger partial charge in [-0.2, -0.15) is 0 Å². The maximum absolute atomic E-state index is 10.9. The summed E-state index contributed by atoms with van der Waals surface area (Å²) in [6.07, 6.45) is 26.1. The van der Waals surface area contributed by atoms with Crippen LogP contribution in [0.2, 0.25) is 0 Å². The Balaban J connectivity index is 1.08. The Labute approximate surface area is 224 Å². The molecule has 3 nitrogen and oxygen atoms in total. The van der Waals surface area contributed by atoms with Crippen LogP contribution < -0.4 is 4.74 Å². The van der Waals surface area contributed by atoms with Crippen molar-refractivity contribution in [3.8, 4) is 5.75 Å². The maximum Gasteiger partial charge on any atom is 0.123 e. The van der Waals surface area contributed by atoms with Crippen LogP contribution in [0.25, 0.3) is 6.08 Å². The average Bonchev–Trinajstić information content (AvgIpc) is 2.93. The van der Waals surface area contributed by atoms with Crippen molar-refractivity contribution in [2.75, 3.05) is 19.7 Å². The molecule has 5 aliphatic rings. The number of hydrogen-bond donors (Lipinski definition) is 1. The quantitative estimate of drug-likeness (QED) is 0.410. The van der Waals surface area contributed by atoms with Crippen LogP contribution in [-0.2, 0) is 6.42 Å². The van der Waals surface area contributed by atoms with Gasteiger partial charge in [0.05, 0.1) is 12.1 Å². The molecule has 0 amide bonds. The molecule has 4 aliphatic carbocycles. The molecule has 1 N–H and O–H groups in total. The summed E-state index contributed by atoms with van der Waals surface area (Å²) in [5.74, 6) is 1.55. The fourth-order valence-corrected chi connectivity index (χ4v) is 7.70. The molecule has 1 saturated heterocycles. The van der Waals surface area contributed by atoms with Crippen LogP contribution in [0.3, 0.4) is 0 Å². The van der Waals surface area contributed by atoms with Gasteiger partial charge in [-0.15, -0.1) is 0 Å². The van der Waals surface area contributed by atoms with Crippen molar-refractivity contribution < 1.29 is 9.84 Å². The lowest BCUT2D eigenvalue weighted by molar-refractivity contribution is 0.0649. The Morgan fingerprint density at radius 1 is 0.865 bits per heavy atom. The molecule has 0 bridgehead atoms. The van der Waals surface area contributed by atoms with Gasteiger partial charge < -0.3 is 9.84 Å². The van der Waals surface area contributed by atoms with Crippen molar-refractivity contribution in [3.05, 3.63) is 69.8 Å². The molecule has 3 heteroatoms. The van der Waals surface area contributed by atoms with Gasteiger partial charge in [-0.3, -0.25) is 4.90 Å². The first kappa shape index (κ1) is 25.2. The largest absolute Gasteiger partial charge is 0.491 e. The first-order chi connectivity index (χ1) is 18.3. The molecule has 0 radical (unpaired) electrons. The van der Waals surface area contributed by atoms with Gasteiger partial charge >= 0.3 is 0 Å². The number of likely N-dealkylation sites (tertiary alicyclic amines) is 1. The van der Waals surface area contributed by atoms with Crippen LogP contribution in [0, 0.1) is 5.92 Å². The third-order valence-electron chi connectivity index (χ3n) is 9.60. The smallest absolute Gasteiger partial charge is 0.123 e. The van der Waals surface area contributed by atoms with Gasteiger partial charge in [-0.25, -0.2) is 0 Å². The van der Waals surface area contributed by atoms with E-state index in [9.17, 15) is 5.11 Å². The number of nitrogens with zero attached hydrogens (tertiary/aromatic N) is 1. The fourth-order valence-electron chi connectivity index (χ4n) is 7.70. The lowest BCUT2D eigenvalue weighted by atomic mass is 9.75. The van der Waals surface area contributed by atoms with Crippen LogP contribution in [0.4, 0.5) is 0 Å². The Kier molecular flexibility index (Phi) is 8.00. The zero-order chi connectivity index (χ0) is 25.0. The second-order valence-corrected chi connectivity index (χ2v) is 12.0. The number of benzene rings is 1. The molecule has 1 aromatic carbocycles. The lowest BCUT2D eigenvalue weighted by Gasteiger charge is -2.44. The molecule has 0 aromatic heterocycles. The zero-order valence-corrected chi connectivity index (χ0v) is 22.6. The van der Waals surface area contributed by atoms with E-state index in [2.05, 4.69) is 47.4 Å². The summed E-state index contributed by atoms with van der Waals surface area (Å²) in [6, 6.07) is 6.85. The van der Waals surface area contributed by atoms with Gasteiger partial charge in [-0.1, -0.05) is 42.0 Å². The molecule has 1 aliphatic heterocycles. The maximum atomic E-state index is 10.9. The van der Waals surface area contributed by atoms with E-state index in [1.54, 1.807) is 11.1 Å². The molecule has 2 atom stereocenters. The third kappa shape index (κ3) is 5.68. The number of piperidine rings is 1. The van der Waals surface area contributed by atoms with E-state index >= 15 is 0 Å². The van der Waals surface area contributed by atoms with E-state index in [1.807, 2.05) is 11.1 Å². The highest BCUT2D eigenvalue weighted by atomic mass is 16.5. The van der Waals surface area contributed by atoms with Gasteiger partial charge in [0, 0.05) is 5.56 Å². The van der Waals surface area contributed by atoms with Crippen LogP contribution in [-0.4, -0.2) is 41.8 Å². The molecule has 1 fully saturated rings. The van der Waals surface area contributed by atoms with Crippen molar-refractivity contribution in [1.82, 2.24) is 4.90 Å². The summed E-state index contributed by atoms with van der Waals surface area (Å²) in [5, 5.41) is 10.9. The average molecular weight is 500 g/mol. The lowest BCUT2D eigenvalue weighted by Crippen LogP contribution is -2.45. The van der Waals surface area contributed by atoms with Crippen LogP contribution in [0.1, 0.15) is 94.6 Å². The fraction of sp³-hybridized carbons (Fsp3) is 0.588. The summed E-state index contributed by atoms with van der Waals surface area (Å²) >= 11 is 0. The molecular formula is C34H45NO2. The molecule has 1 aromatic rings. The van der Waals surface area contributed by atoms with E-state index in [-0.39, 0.29) is 0 Å². The number of aliphatic hydroxyl groups is 1. The van der Waals surface area contributed by atoms with Crippen molar-refractivity contribution in [3.63, 3.8) is 0 Å². The molecule has 0 saturated carbocycles. The minimum Gasteiger partial charge on any atom is -0.491 e.